The van der Waals surface area contributed by atoms with Crippen LogP contribution in [0.25, 0.3) is 0 Å². The molecule has 1 aromatic carbocycles. The highest BCUT2D eigenvalue weighted by atomic mass is 16.7. The van der Waals surface area contributed by atoms with Crippen LogP contribution in [0.15, 0.2) is 12.1 Å². The fourth-order valence-corrected chi connectivity index (χ4v) is 2.06. The Hall–Kier alpha value is -2.24. The zero-order valence-electron chi connectivity index (χ0n) is 11.1. The Kier molecular flexibility index (Phi) is 3.22. The summed E-state index contributed by atoms with van der Waals surface area (Å²) in [5.74, 6) is 1.28. The minimum absolute atomic E-state index is 0.0898. The third-order valence-corrected chi connectivity index (χ3v) is 3.47. The molecule has 1 amide bonds. The van der Waals surface area contributed by atoms with Gasteiger partial charge in [0.05, 0.1) is 5.56 Å². The molecule has 106 valence electrons. The van der Waals surface area contributed by atoms with Crippen LogP contribution in [0.5, 0.6) is 17.2 Å². The van der Waals surface area contributed by atoms with Gasteiger partial charge in [-0.1, -0.05) is 0 Å². The van der Waals surface area contributed by atoms with E-state index in [-0.39, 0.29) is 19.3 Å². The summed E-state index contributed by atoms with van der Waals surface area (Å²) in [6.45, 7) is 0.0356. The molecule has 0 unspecified atom stereocenters. The van der Waals surface area contributed by atoms with Crippen LogP contribution >= 0.6 is 0 Å². The van der Waals surface area contributed by atoms with Gasteiger partial charge in [-0.05, 0) is 18.9 Å². The average molecular weight is 277 g/mol. The van der Waals surface area contributed by atoms with Crippen molar-refractivity contribution in [2.45, 2.75) is 18.9 Å². The van der Waals surface area contributed by atoms with Crippen molar-refractivity contribution in [2.75, 3.05) is 20.4 Å². The first kappa shape index (κ1) is 12.8. The van der Waals surface area contributed by atoms with Crippen LogP contribution in [0.2, 0.25) is 0 Å². The number of benzene rings is 1. The van der Waals surface area contributed by atoms with E-state index in [9.17, 15) is 9.59 Å². The van der Waals surface area contributed by atoms with Crippen LogP contribution in [0.4, 0.5) is 0 Å². The molecule has 1 aliphatic carbocycles. The molecule has 0 saturated heterocycles. The first-order valence-corrected chi connectivity index (χ1v) is 6.46. The monoisotopic (exact) mass is 277 g/mol. The van der Waals surface area contributed by atoms with Gasteiger partial charge in [-0.25, -0.2) is 0 Å². The minimum Gasteiger partial charge on any atom is -0.483 e. The van der Waals surface area contributed by atoms with Crippen molar-refractivity contribution in [3.8, 4) is 17.2 Å². The van der Waals surface area contributed by atoms with E-state index in [0.29, 0.717) is 35.1 Å². The SMILES string of the molecule is CN(C(=O)COc1cc2c(cc1C=O)OCO2)C1CC1. The summed E-state index contributed by atoms with van der Waals surface area (Å²) in [6.07, 6.45) is 2.77. The Bertz CT molecular complexity index is 553. The zero-order valence-corrected chi connectivity index (χ0v) is 11.1. The predicted molar refractivity (Wildman–Crippen MR) is 69.2 cm³/mol. The van der Waals surface area contributed by atoms with E-state index >= 15 is 0 Å². The van der Waals surface area contributed by atoms with Gasteiger partial charge in [-0.3, -0.25) is 9.59 Å². The molecule has 1 heterocycles. The number of carbonyl (C=O) groups excluding carboxylic acids is 2. The molecule has 0 N–H and O–H groups in total. The van der Waals surface area contributed by atoms with Crippen molar-refractivity contribution in [1.29, 1.82) is 0 Å². The first-order chi connectivity index (χ1) is 9.69. The molecule has 0 radical (unpaired) electrons. The highest BCUT2D eigenvalue weighted by Gasteiger charge is 2.29. The van der Waals surface area contributed by atoms with E-state index in [0.717, 1.165) is 12.8 Å². The number of rotatable bonds is 5. The molecule has 1 saturated carbocycles. The quantitative estimate of drug-likeness (QED) is 0.757. The molecule has 3 rings (SSSR count). The summed E-state index contributed by atoms with van der Waals surface area (Å²) >= 11 is 0. The van der Waals surface area contributed by atoms with Crippen molar-refractivity contribution in [3.63, 3.8) is 0 Å². The summed E-state index contributed by atoms with van der Waals surface area (Å²) in [6, 6.07) is 3.48. The summed E-state index contributed by atoms with van der Waals surface area (Å²) in [5.41, 5.74) is 0.344. The second-order valence-corrected chi connectivity index (χ2v) is 4.89. The van der Waals surface area contributed by atoms with E-state index in [4.69, 9.17) is 14.2 Å². The molecular formula is C14H15NO5. The Morgan fingerprint density at radius 3 is 2.75 bits per heavy atom. The van der Waals surface area contributed by atoms with Gasteiger partial charge >= 0.3 is 0 Å². The summed E-state index contributed by atoms with van der Waals surface area (Å²) in [4.78, 5) is 24.6. The number of hydrogen-bond donors (Lipinski definition) is 0. The Balaban J connectivity index is 1.70. The largest absolute Gasteiger partial charge is 0.483 e. The van der Waals surface area contributed by atoms with Crippen LogP contribution in [0.1, 0.15) is 23.2 Å². The van der Waals surface area contributed by atoms with Gasteiger partial charge in [-0.2, -0.15) is 0 Å². The van der Waals surface area contributed by atoms with Gasteiger partial charge in [0.25, 0.3) is 5.91 Å². The number of amides is 1. The van der Waals surface area contributed by atoms with Crippen molar-refractivity contribution >= 4 is 12.2 Å². The van der Waals surface area contributed by atoms with Gasteiger partial charge in [-0.15, -0.1) is 0 Å². The van der Waals surface area contributed by atoms with E-state index in [1.54, 1.807) is 24.1 Å². The van der Waals surface area contributed by atoms with Gasteiger partial charge < -0.3 is 19.1 Å². The standard InChI is InChI=1S/C14H15NO5/c1-15(10-2-3-10)14(17)7-18-11-5-13-12(19-8-20-13)4-9(11)6-16/h4-6,10H,2-3,7-8H2,1H3. The molecule has 2 aliphatic rings. The number of hydrogen-bond acceptors (Lipinski definition) is 5. The number of nitrogens with zero attached hydrogens (tertiary/aromatic N) is 1. The molecule has 0 atom stereocenters. The fourth-order valence-electron chi connectivity index (χ4n) is 2.06. The van der Waals surface area contributed by atoms with Gasteiger partial charge in [0.1, 0.15) is 5.75 Å². The molecule has 1 aliphatic heterocycles. The molecular weight excluding hydrogens is 262 g/mol. The van der Waals surface area contributed by atoms with Gasteiger partial charge in [0.15, 0.2) is 24.4 Å². The lowest BCUT2D eigenvalue weighted by atomic mass is 10.2. The van der Waals surface area contributed by atoms with Crippen molar-refractivity contribution in [3.05, 3.63) is 17.7 Å². The van der Waals surface area contributed by atoms with Crippen LogP contribution in [0, 0.1) is 0 Å². The summed E-state index contributed by atoms with van der Waals surface area (Å²) in [5, 5.41) is 0. The van der Waals surface area contributed by atoms with E-state index in [2.05, 4.69) is 0 Å². The molecule has 1 fully saturated rings. The Morgan fingerprint density at radius 2 is 2.10 bits per heavy atom. The normalized spacial score (nSPS) is 15.8. The lowest BCUT2D eigenvalue weighted by Crippen LogP contribution is -2.33. The van der Waals surface area contributed by atoms with E-state index < -0.39 is 0 Å². The second-order valence-electron chi connectivity index (χ2n) is 4.89. The van der Waals surface area contributed by atoms with Gasteiger partial charge in [0, 0.05) is 19.2 Å². The fraction of sp³-hybridized carbons (Fsp3) is 0.429. The molecule has 1 aromatic rings. The van der Waals surface area contributed by atoms with Gasteiger partial charge in [0.2, 0.25) is 6.79 Å². The third-order valence-electron chi connectivity index (χ3n) is 3.47. The first-order valence-electron chi connectivity index (χ1n) is 6.46. The zero-order chi connectivity index (χ0) is 14.1. The smallest absolute Gasteiger partial charge is 0.260 e. The molecule has 6 nitrogen and oxygen atoms in total. The van der Waals surface area contributed by atoms with Crippen molar-refractivity contribution in [1.82, 2.24) is 4.90 Å². The maximum absolute atomic E-state index is 11.9. The molecule has 0 bridgehead atoms. The Labute approximate surface area is 116 Å². The lowest BCUT2D eigenvalue weighted by Gasteiger charge is -2.17. The lowest BCUT2D eigenvalue weighted by molar-refractivity contribution is -0.132. The number of aldehydes is 1. The maximum Gasteiger partial charge on any atom is 0.260 e. The number of fused-ring (bicyclic) bond motifs is 1. The van der Waals surface area contributed by atoms with Crippen LogP contribution < -0.4 is 14.2 Å². The molecule has 0 spiro atoms. The predicted octanol–water partition coefficient (Wildman–Crippen LogP) is 1.23. The highest BCUT2D eigenvalue weighted by molar-refractivity contribution is 5.82. The van der Waals surface area contributed by atoms with E-state index in [1.165, 1.54) is 0 Å². The third kappa shape index (κ3) is 2.41. The molecule has 20 heavy (non-hydrogen) atoms. The summed E-state index contributed by atoms with van der Waals surface area (Å²) in [7, 11) is 1.77. The summed E-state index contributed by atoms with van der Waals surface area (Å²) < 4.78 is 15.9. The maximum atomic E-state index is 11.9. The molecule has 0 aromatic heterocycles. The van der Waals surface area contributed by atoms with Crippen LogP contribution in [0.3, 0.4) is 0 Å². The number of ether oxygens (including phenoxy) is 3. The van der Waals surface area contributed by atoms with E-state index in [1.807, 2.05) is 0 Å². The number of likely N-dealkylation sites (N-methyl/N-ethyl adjacent to an activating group) is 1. The number of carbonyl (C=O) groups is 2. The second kappa shape index (κ2) is 5.03. The van der Waals surface area contributed by atoms with Crippen LogP contribution in [-0.2, 0) is 4.79 Å². The minimum atomic E-state index is -0.0954. The van der Waals surface area contributed by atoms with Crippen molar-refractivity contribution < 1.29 is 23.8 Å². The highest BCUT2D eigenvalue weighted by Crippen LogP contribution is 2.37. The van der Waals surface area contributed by atoms with Crippen LogP contribution in [-0.4, -0.2) is 43.6 Å². The molecule has 6 heteroatoms. The average Bonchev–Trinajstić information content (AvgIpc) is 3.21. The van der Waals surface area contributed by atoms with Crippen molar-refractivity contribution in [2.24, 2.45) is 0 Å². The Morgan fingerprint density at radius 1 is 1.40 bits per heavy atom. The topological polar surface area (TPSA) is 65.1 Å².